The summed E-state index contributed by atoms with van der Waals surface area (Å²) < 4.78 is 41.7. The van der Waals surface area contributed by atoms with Crippen molar-refractivity contribution in [2.24, 2.45) is 0 Å². The van der Waals surface area contributed by atoms with Crippen molar-refractivity contribution in [1.29, 1.82) is 0 Å². The van der Waals surface area contributed by atoms with Crippen molar-refractivity contribution in [3.8, 4) is 5.69 Å². The Morgan fingerprint density at radius 1 is 1.03 bits per heavy atom. The van der Waals surface area contributed by atoms with Crippen molar-refractivity contribution in [1.82, 2.24) is 14.7 Å². The third kappa shape index (κ3) is 3.97. The Morgan fingerprint density at radius 3 is 2.37 bits per heavy atom. The number of fused-ring (bicyclic) bond motifs is 1. The standard InChI is InChI=1S/C23H22F3N3O/c1-28(22(30)17-7-3-2-4-8-17)15-16-11-13-18(14-12-16)29-20-10-6-5-9-19(20)21(27-29)23(24,25)26/h2-4,7-8,11-14H,5-6,9-10,15H2,1H3. The van der Waals surface area contributed by atoms with Crippen LogP contribution in [0.3, 0.4) is 0 Å². The van der Waals surface area contributed by atoms with Crippen LogP contribution in [0.15, 0.2) is 54.6 Å². The molecule has 0 atom stereocenters. The molecule has 1 aliphatic carbocycles. The van der Waals surface area contributed by atoms with E-state index >= 15 is 0 Å². The average Bonchev–Trinajstić information content (AvgIpc) is 3.15. The second-order valence-corrected chi connectivity index (χ2v) is 7.58. The second-order valence-electron chi connectivity index (χ2n) is 7.58. The smallest absolute Gasteiger partial charge is 0.337 e. The maximum atomic E-state index is 13.4. The van der Waals surface area contributed by atoms with Gasteiger partial charge in [-0.25, -0.2) is 4.68 Å². The number of alkyl halides is 3. The van der Waals surface area contributed by atoms with Gasteiger partial charge >= 0.3 is 6.18 Å². The normalized spacial score (nSPS) is 13.7. The fourth-order valence-corrected chi connectivity index (χ4v) is 3.93. The van der Waals surface area contributed by atoms with Gasteiger partial charge in [-0.1, -0.05) is 30.3 Å². The minimum atomic E-state index is -4.45. The maximum Gasteiger partial charge on any atom is 0.435 e. The average molecular weight is 413 g/mol. The van der Waals surface area contributed by atoms with Crippen molar-refractivity contribution < 1.29 is 18.0 Å². The Hall–Kier alpha value is -3.09. The zero-order valence-electron chi connectivity index (χ0n) is 16.6. The van der Waals surface area contributed by atoms with Crippen LogP contribution in [0.5, 0.6) is 0 Å². The first-order valence-corrected chi connectivity index (χ1v) is 9.92. The van der Waals surface area contributed by atoms with Gasteiger partial charge in [-0.15, -0.1) is 0 Å². The van der Waals surface area contributed by atoms with Gasteiger partial charge in [0.1, 0.15) is 0 Å². The monoisotopic (exact) mass is 413 g/mol. The van der Waals surface area contributed by atoms with Crippen LogP contribution in [0.4, 0.5) is 13.2 Å². The highest BCUT2D eigenvalue weighted by Crippen LogP contribution is 2.36. The molecule has 2 aromatic carbocycles. The highest BCUT2D eigenvalue weighted by atomic mass is 19.4. The zero-order chi connectivity index (χ0) is 21.3. The molecule has 0 spiro atoms. The Bertz CT molecular complexity index is 1040. The van der Waals surface area contributed by atoms with Crippen LogP contribution in [0.1, 0.15) is 45.7 Å². The van der Waals surface area contributed by atoms with E-state index in [1.54, 1.807) is 36.2 Å². The summed E-state index contributed by atoms with van der Waals surface area (Å²) in [5.74, 6) is -0.0874. The molecule has 1 amide bonds. The van der Waals surface area contributed by atoms with Gasteiger partial charge in [-0.3, -0.25) is 4.79 Å². The molecule has 0 fully saturated rings. The third-order valence-electron chi connectivity index (χ3n) is 5.42. The number of benzene rings is 2. The second kappa shape index (κ2) is 7.97. The van der Waals surface area contributed by atoms with Gasteiger partial charge in [0.05, 0.1) is 5.69 Å². The summed E-state index contributed by atoms with van der Waals surface area (Å²) in [5, 5.41) is 3.92. The Balaban J connectivity index is 1.56. The van der Waals surface area contributed by atoms with Crippen LogP contribution in [0, 0.1) is 0 Å². The van der Waals surface area contributed by atoms with E-state index in [1.807, 2.05) is 30.3 Å². The first-order chi connectivity index (χ1) is 14.3. The molecule has 0 unspecified atom stereocenters. The summed E-state index contributed by atoms with van der Waals surface area (Å²) in [6.07, 6.45) is -1.83. The van der Waals surface area contributed by atoms with Crippen molar-refractivity contribution in [3.63, 3.8) is 0 Å². The molecule has 156 valence electrons. The number of hydrogen-bond donors (Lipinski definition) is 0. The molecule has 0 bridgehead atoms. The third-order valence-corrected chi connectivity index (χ3v) is 5.42. The van der Waals surface area contributed by atoms with Crippen LogP contribution in [-0.2, 0) is 25.6 Å². The van der Waals surface area contributed by atoms with Gasteiger partial charge in [-0.2, -0.15) is 18.3 Å². The summed E-state index contributed by atoms with van der Waals surface area (Å²) in [4.78, 5) is 14.1. The molecular weight excluding hydrogens is 391 g/mol. The van der Waals surface area contributed by atoms with E-state index in [2.05, 4.69) is 5.10 Å². The van der Waals surface area contributed by atoms with Crippen molar-refractivity contribution in [2.45, 2.75) is 38.4 Å². The highest BCUT2D eigenvalue weighted by molar-refractivity contribution is 5.93. The number of rotatable bonds is 4. The number of nitrogens with zero attached hydrogens (tertiary/aromatic N) is 3. The molecule has 1 heterocycles. The van der Waals surface area contributed by atoms with Gasteiger partial charge in [0, 0.05) is 30.4 Å². The Labute approximate surface area is 172 Å². The lowest BCUT2D eigenvalue weighted by atomic mass is 9.95. The van der Waals surface area contributed by atoms with E-state index in [1.165, 1.54) is 4.68 Å². The van der Waals surface area contributed by atoms with E-state index in [0.717, 1.165) is 18.4 Å². The number of hydrogen-bond acceptors (Lipinski definition) is 2. The topological polar surface area (TPSA) is 38.1 Å². The molecule has 0 saturated heterocycles. The number of amides is 1. The highest BCUT2D eigenvalue weighted by Gasteiger charge is 2.39. The fourth-order valence-electron chi connectivity index (χ4n) is 3.93. The Morgan fingerprint density at radius 2 is 1.70 bits per heavy atom. The fraction of sp³-hybridized carbons (Fsp3) is 0.304. The van der Waals surface area contributed by atoms with Gasteiger partial charge in [-0.05, 0) is 55.5 Å². The maximum absolute atomic E-state index is 13.4. The number of carbonyl (C=O) groups is 1. The van der Waals surface area contributed by atoms with Crippen LogP contribution >= 0.6 is 0 Å². The van der Waals surface area contributed by atoms with Crippen LogP contribution in [-0.4, -0.2) is 27.6 Å². The van der Waals surface area contributed by atoms with E-state index in [0.29, 0.717) is 41.9 Å². The minimum absolute atomic E-state index is 0.0874. The molecular formula is C23H22F3N3O. The number of halogens is 3. The largest absolute Gasteiger partial charge is 0.435 e. The molecule has 1 aliphatic rings. The lowest BCUT2D eigenvalue weighted by Crippen LogP contribution is -2.26. The predicted octanol–water partition coefficient (Wildman–Crippen LogP) is 5.04. The van der Waals surface area contributed by atoms with Crippen molar-refractivity contribution >= 4 is 5.91 Å². The SMILES string of the molecule is CN(Cc1ccc(-n2nc(C(F)(F)F)c3c2CCCC3)cc1)C(=O)c1ccccc1. The number of carbonyl (C=O) groups excluding carboxylic acids is 1. The van der Waals surface area contributed by atoms with Crippen LogP contribution < -0.4 is 0 Å². The first kappa shape index (κ1) is 20.2. The molecule has 4 nitrogen and oxygen atoms in total. The summed E-state index contributed by atoms with van der Waals surface area (Å²) in [7, 11) is 1.72. The molecule has 4 rings (SSSR count). The van der Waals surface area contributed by atoms with Crippen molar-refractivity contribution in [2.75, 3.05) is 7.05 Å². The molecule has 1 aromatic heterocycles. The summed E-state index contributed by atoms with van der Waals surface area (Å²) >= 11 is 0. The lowest BCUT2D eigenvalue weighted by Gasteiger charge is -2.18. The molecule has 0 aliphatic heterocycles. The molecule has 0 radical (unpaired) electrons. The van der Waals surface area contributed by atoms with Crippen molar-refractivity contribution in [3.05, 3.63) is 82.7 Å². The van der Waals surface area contributed by atoms with Gasteiger partial charge in [0.15, 0.2) is 5.69 Å². The summed E-state index contributed by atoms with van der Waals surface area (Å²) in [6.45, 7) is 0.402. The lowest BCUT2D eigenvalue weighted by molar-refractivity contribution is -0.142. The molecule has 0 saturated carbocycles. The van der Waals surface area contributed by atoms with Crippen LogP contribution in [0.2, 0.25) is 0 Å². The Kier molecular flexibility index (Phi) is 5.37. The molecule has 7 heteroatoms. The number of aromatic nitrogens is 2. The van der Waals surface area contributed by atoms with Gasteiger partial charge < -0.3 is 4.90 Å². The molecule has 30 heavy (non-hydrogen) atoms. The van der Waals surface area contributed by atoms with E-state index in [4.69, 9.17) is 0 Å². The summed E-state index contributed by atoms with van der Waals surface area (Å²) in [6, 6.07) is 16.2. The molecule has 3 aromatic rings. The van der Waals surface area contributed by atoms with Gasteiger partial charge in [0.25, 0.3) is 5.91 Å². The molecule has 0 N–H and O–H groups in total. The zero-order valence-corrected chi connectivity index (χ0v) is 16.6. The van der Waals surface area contributed by atoms with Gasteiger partial charge in [0.2, 0.25) is 0 Å². The minimum Gasteiger partial charge on any atom is -0.337 e. The predicted molar refractivity (Wildman–Crippen MR) is 107 cm³/mol. The summed E-state index contributed by atoms with van der Waals surface area (Å²) in [5.41, 5.74) is 2.31. The van der Waals surface area contributed by atoms with E-state index in [-0.39, 0.29) is 5.91 Å². The van der Waals surface area contributed by atoms with E-state index in [9.17, 15) is 18.0 Å². The quantitative estimate of drug-likeness (QED) is 0.601. The van der Waals surface area contributed by atoms with Crippen LogP contribution in [0.25, 0.3) is 5.69 Å². The van der Waals surface area contributed by atoms with E-state index < -0.39 is 11.9 Å². The first-order valence-electron chi connectivity index (χ1n) is 9.92.